The van der Waals surface area contributed by atoms with Crippen LogP contribution in [0, 0.1) is 11.3 Å². The van der Waals surface area contributed by atoms with Crippen LogP contribution < -0.4 is 5.32 Å². The molecular formula is C15H17N3. The second-order valence-corrected chi connectivity index (χ2v) is 5.06. The van der Waals surface area contributed by atoms with E-state index in [4.69, 9.17) is 5.26 Å². The highest BCUT2D eigenvalue weighted by molar-refractivity contribution is 5.85. The van der Waals surface area contributed by atoms with Crippen LogP contribution >= 0.6 is 0 Å². The highest BCUT2D eigenvalue weighted by atomic mass is 14.9. The van der Waals surface area contributed by atoms with Crippen molar-refractivity contribution in [3.63, 3.8) is 0 Å². The lowest BCUT2D eigenvalue weighted by Crippen LogP contribution is -2.26. The quantitative estimate of drug-likeness (QED) is 0.830. The normalized spacial score (nSPS) is 16.9. The summed E-state index contributed by atoms with van der Waals surface area (Å²) < 4.78 is 2.17. The van der Waals surface area contributed by atoms with Crippen LogP contribution in [0.15, 0.2) is 24.4 Å². The molecule has 1 saturated heterocycles. The SMILES string of the molecule is Cn1cc(C2CCNCC2)c2cc(C#N)ccc21. The number of aryl methyl sites for hydroxylation is 1. The molecule has 1 N–H and O–H groups in total. The second kappa shape index (κ2) is 4.47. The fraction of sp³-hybridized carbons (Fsp3) is 0.400. The monoisotopic (exact) mass is 239 g/mol. The van der Waals surface area contributed by atoms with E-state index in [9.17, 15) is 0 Å². The number of hydrogen-bond donors (Lipinski definition) is 1. The lowest BCUT2D eigenvalue weighted by Gasteiger charge is -2.22. The van der Waals surface area contributed by atoms with Gasteiger partial charge in [-0.05, 0) is 55.6 Å². The molecule has 0 radical (unpaired) electrons. The van der Waals surface area contributed by atoms with E-state index in [1.54, 1.807) is 0 Å². The maximum atomic E-state index is 9.04. The Morgan fingerprint density at radius 1 is 1.33 bits per heavy atom. The van der Waals surface area contributed by atoms with Crippen LogP contribution in [0.1, 0.15) is 29.9 Å². The minimum absolute atomic E-state index is 0.629. The summed E-state index contributed by atoms with van der Waals surface area (Å²) in [4.78, 5) is 0. The topological polar surface area (TPSA) is 40.8 Å². The first-order chi connectivity index (χ1) is 8.79. The minimum atomic E-state index is 0.629. The Bertz CT molecular complexity index is 612. The van der Waals surface area contributed by atoms with E-state index in [2.05, 4.69) is 35.3 Å². The molecule has 0 amide bonds. The number of piperidine rings is 1. The van der Waals surface area contributed by atoms with E-state index in [1.165, 1.54) is 29.3 Å². The number of rotatable bonds is 1. The van der Waals surface area contributed by atoms with Crippen molar-refractivity contribution >= 4 is 10.9 Å². The molecule has 18 heavy (non-hydrogen) atoms. The largest absolute Gasteiger partial charge is 0.350 e. The van der Waals surface area contributed by atoms with Gasteiger partial charge in [-0.2, -0.15) is 5.26 Å². The molecule has 92 valence electrons. The van der Waals surface area contributed by atoms with Crippen molar-refractivity contribution in [2.24, 2.45) is 7.05 Å². The first-order valence-electron chi connectivity index (χ1n) is 6.49. The highest BCUT2D eigenvalue weighted by Crippen LogP contribution is 2.32. The van der Waals surface area contributed by atoms with Gasteiger partial charge >= 0.3 is 0 Å². The summed E-state index contributed by atoms with van der Waals surface area (Å²) >= 11 is 0. The van der Waals surface area contributed by atoms with Crippen molar-refractivity contribution in [3.8, 4) is 6.07 Å². The maximum Gasteiger partial charge on any atom is 0.0991 e. The predicted octanol–water partition coefficient (Wildman–Crippen LogP) is 2.52. The van der Waals surface area contributed by atoms with Gasteiger partial charge in [0, 0.05) is 24.1 Å². The van der Waals surface area contributed by atoms with E-state index < -0.39 is 0 Å². The van der Waals surface area contributed by atoms with Crippen molar-refractivity contribution in [2.45, 2.75) is 18.8 Å². The van der Waals surface area contributed by atoms with Gasteiger partial charge in [-0.1, -0.05) is 0 Å². The van der Waals surface area contributed by atoms with E-state index in [0.717, 1.165) is 18.7 Å². The van der Waals surface area contributed by atoms with Crippen molar-refractivity contribution in [1.82, 2.24) is 9.88 Å². The average molecular weight is 239 g/mol. The second-order valence-electron chi connectivity index (χ2n) is 5.06. The molecule has 2 aromatic rings. The Hall–Kier alpha value is -1.79. The molecule has 0 bridgehead atoms. The van der Waals surface area contributed by atoms with Gasteiger partial charge in [-0.25, -0.2) is 0 Å². The van der Waals surface area contributed by atoms with Crippen molar-refractivity contribution in [3.05, 3.63) is 35.5 Å². The lowest BCUT2D eigenvalue weighted by molar-refractivity contribution is 0.462. The summed E-state index contributed by atoms with van der Waals surface area (Å²) in [6, 6.07) is 8.22. The van der Waals surface area contributed by atoms with Crippen LogP contribution in [0.25, 0.3) is 10.9 Å². The van der Waals surface area contributed by atoms with Gasteiger partial charge in [-0.15, -0.1) is 0 Å². The van der Waals surface area contributed by atoms with Gasteiger partial charge in [0.15, 0.2) is 0 Å². The van der Waals surface area contributed by atoms with E-state index >= 15 is 0 Å². The molecule has 0 spiro atoms. The first kappa shape index (κ1) is 11.3. The van der Waals surface area contributed by atoms with Crippen LogP contribution in [-0.4, -0.2) is 17.7 Å². The lowest BCUT2D eigenvalue weighted by atomic mass is 9.90. The molecule has 0 saturated carbocycles. The van der Waals surface area contributed by atoms with Crippen LogP contribution in [-0.2, 0) is 7.05 Å². The van der Waals surface area contributed by atoms with Gasteiger partial charge in [0.1, 0.15) is 0 Å². The molecule has 0 unspecified atom stereocenters. The fourth-order valence-electron chi connectivity index (χ4n) is 2.95. The van der Waals surface area contributed by atoms with E-state index in [-0.39, 0.29) is 0 Å². The van der Waals surface area contributed by atoms with Gasteiger partial charge in [0.25, 0.3) is 0 Å². The molecule has 1 aromatic carbocycles. The maximum absolute atomic E-state index is 9.04. The Balaban J connectivity index is 2.13. The van der Waals surface area contributed by atoms with E-state index in [0.29, 0.717) is 5.92 Å². The third-order valence-corrected chi connectivity index (χ3v) is 3.93. The van der Waals surface area contributed by atoms with Crippen LogP contribution in [0.5, 0.6) is 0 Å². The Kier molecular flexibility index (Phi) is 2.81. The Morgan fingerprint density at radius 2 is 2.11 bits per heavy atom. The molecule has 1 aromatic heterocycles. The summed E-state index contributed by atoms with van der Waals surface area (Å²) in [5.74, 6) is 0.629. The third kappa shape index (κ3) is 1.79. The van der Waals surface area contributed by atoms with Gasteiger partial charge in [0.2, 0.25) is 0 Å². The summed E-state index contributed by atoms with van der Waals surface area (Å²) in [5, 5.41) is 13.7. The average Bonchev–Trinajstić information content (AvgIpc) is 2.76. The van der Waals surface area contributed by atoms with Crippen LogP contribution in [0.4, 0.5) is 0 Å². The Labute approximate surface area is 107 Å². The zero-order valence-corrected chi connectivity index (χ0v) is 10.6. The molecule has 1 aliphatic rings. The van der Waals surface area contributed by atoms with Gasteiger partial charge in [-0.3, -0.25) is 0 Å². The number of benzene rings is 1. The number of nitriles is 1. The smallest absolute Gasteiger partial charge is 0.0991 e. The highest BCUT2D eigenvalue weighted by Gasteiger charge is 2.19. The molecule has 0 atom stereocenters. The van der Waals surface area contributed by atoms with Crippen LogP contribution in [0.3, 0.4) is 0 Å². The fourth-order valence-corrected chi connectivity index (χ4v) is 2.95. The molecule has 1 aliphatic heterocycles. The van der Waals surface area contributed by atoms with Gasteiger partial charge < -0.3 is 9.88 Å². The number of nitrogens with one attached hydrogen (secondary N) is 1. The van der Waals surface area contributed by atoms with Crippen molar-refractivity contribution in [1.29, 1.82) is 5.26 Å². The van der Waals surface area contributed by atoms with Crippen molar-refractivity contribution in [2.75, 3.05) is 13.1 Å². The first-order valence-corrected chi connectivity index (χ1v) is 6.49. The molecule has 0 aliphatic carbocycles. The molecule has 1 fully saturated rings. The summed E-state index contributed by atoms with van der Waals surface area (Å²) in [7, 11) is 2.08. The number of hydrogen-bond acceptors (Lipinski definition) is 2. The van der Waals surface area contributed by atoms with Crippen molar-refractivity contribution < 1.29 is 0 Å². The molecule has 3 rings (SSSR count). The number of nitrogens with zero attached hydrogens (tertiary/aromatic N) is 2. The Morgan fingerprint density at radius 3 is 2.83 bits per heavy atom. The molecule has 3 nitrogen and oxygen atoms in total. The zero-order valence-electron chi connectivity index (χ0n) is 10.6. The minimum Gasteiger partial charge on any atom is -0.350 e. The zero-order chi connectivity index (χ0) is 12.5. The third-order valence-electron chi connectivity index (χ3n) is 3.93. The summed E-state index contributed by atoms with van der Waals surface area (Å²) in [6.07, 6.45) is 4.62. The standard InChI is InChI=1S/C15H17N3/c1-18-10-14(12-4-6-17-7-5-12)13-8-11(9-16)2-3-15(13)18/h2-3,8,10,12,17H,4-7H2,1H3. The molecule has 2 heterocycles. The number of fused-ring (bicyclic) bond motifs is 1. The predicted molar refractivity (Wildman–Crippen MR) is 72.5 cm³/mol. The van der Waals surface area contributed by atoms with E-state index in [1.807, 2.05) is 12.1 Å². The number of aromatic nitrogens is 1. The van der Waals surface area contributed by atoms with Crippen LogP contribution in [0.2, 0.25) is 0 Å². The summed E-state index contributed by atoms with van der Waals surface area (Å²) in [6.45, 7) is 2.19. The van der Waals surface area contributed by atoms with Gasteiger partial charge in [0.05, 0.1) is 11.6 Å². The molecular weight excluding hydrogens is 222 g/mol. The molecule has 3 heteroatoms. The summed E-state index contributed by atoms with van der Waals surface area (Å²) in [5.41, 5.74) is 3.39.